The van der Waals surface area contributed by atoms with Crippen molar-refractivity contribution < 1.29 is 9.53 Å². The average Bonchev–Trinajstić information content (AvgIpc) is 2.46. The Balaban J connectivity index is 1.68. The van der Waals surface area contributed by atoms with Crippen LogP contribution in [0.25, 0.3) is 0 Å². The number of amides is 1. The van der Waals surface area contributed by atoms with Gasteiger partial charge in [0.05, 0.1) is 0 Å². The van der Waals surface area contributed by atoms with Gasteiger partial charge in [0.25, 0.3) is 0 Å². The first-order valence-corrected chi connectivity index (χ1v) is 7.67. The minimum atomic E-state index is 0.0469. The van der Waals surface area contributed by atoms with Crippen molar-refractivity contribution in [1.82, 2.24) is 4.98 Å². The lowest BCUT2D eigenvalue weighted by Gasteiger charge is -2.24. The van der Waals surface area contributed by atoms with Crippen LogP contribution in [0.3, 0.4) is 0 Å². The molecule has 0 radical (unpaired) electrons. The Morgan fingerprint density at radius 3 is 2.82 bits per heavy atom. The fourth-order valence-corrected chi connectivity index (χ4v) is 2.42. The molecule has 1 N–H and O–H groups in total. The number of ether oxygens (including phenoxy) is 1. The standard InChI is InChI=1S/C18H20N2O2/c1-13-6-2-3-7-15(13)12-22-16-10-5-11-19-17(16)20-18(21)14-8-4-9-14/h2-3,5-7,10-11,14H,4,8-9,12H2,1H3,(H,19,20,21). The van der Waals surface area contributed by atoms with Gasteiger partial charge in [0.2, 0.25) is 5.91 Å². The molecule has 0 bridgehead atoms. The maximum atomic E-state index is 12.1. The van der Waals surface area contributed by atoms with Crippen LogP contribution in [0.2, 0.25) is 0 Å². The third kappa shape index (κ3) is 3.27. The first-order chi connectivity index (χ1) is 10.7. The van der Waals surface area contributed by atoms with Crippen LogP contribution in [-0.4, -0.2) is 10.9 Å². The lowest BCUT2D eigenvalue weighted by Crippen LogP contribution is -2.28. The number of pyridine rings is 1. The summed E-state index contributed by atoms with van der Waals surface area (Å²) >= 11 is 0. The number of aromatic nitrogens is 1. The van der Waals surface area contributed by atoms with E-state index in [-0.39, 0.29) is 11.8 Å². The molecule has 1 aliphatic carbocycles. The van der Waals surface area contributed by atoms with Gasteiger partial charge in [0, 0.05) is 12.1 Å². The van der Waals surface area contributed by atoms with E-state index < -0.39 is 0 Å². The molecule has 2 aromatic rings. The molecule has 114 valence electrons. The Bertz CT molecular complexity index is 666. The molecule has 1 saturated carbocycles. The minimum absolute atomic E-state index is 0.0469. The number of rotatable bonds is 5. The van der Waals surface area contributed by atoms with Crippen molar-refractivity contribution in [3.05, 3.63) is 53.7 Å². The summed E-state index contributed by atoms with van der Waals surface area (Å²) in [5.74, 6) is 1.29. The quantitative estimate of drug-likeness (QED) is 0.915. The highest BCUT2D eigenvalue weighted by Crippen LogP contribution is 2.29. The van der Waals surface area contributed by atoms with Crippen LogP contribution >= 0.6 is 0 Å². The largest absolute Gasteiger partial charge is 0.485 e. The summed E-state index contributed by atoms with van der Waals surface area (Å²) < 4.78 is 5.86. The van der Waals surface area contributed by atoms with Crippen molar-refractivity contribution in [2.45, 2.75) is 32.8 Å². The molecule has 1 aromatic heterocycles. The van der Waals surface area contributed by atoms with Gasteiger partial charge in [-0.05, 0) is 43.0 Å². The number of hydrogen-bond acceptors (Lipinski definition) is 3. The number of anilines is 1. The predicted molar refractivity (Wildman–Crippen MR) is 85.7 cm³/mol. The Hall–Kier alpha value is -2.36. The smallest absolute Gasteiger partial charge is 0.228 e. The number of nitrogens with one attached hydrogen (secondary N) is 1. The van der Waals surface area contributed by atoms with E-state index in [1.165, 1.54) is 5.56 Å². The van der Waals surface area contributed by atoms with E-state index in [0.717, 1.165) is 24.8 Å². The highest BCUT2D eigenvalue weighted by atomic mass is 16.5. The highest BCUT2D eigenvalue weighted by Gasteiger charge is 2.26. The zero-order valence-electron chi connectivity index (χ0n) is 12.7. The maximum absolute atomic E-state index is 12.1. The van der Waals surface area contributed by atoms with Gasteiger partial charge in [-0.25, -0.2) is 4.98 Å². The van der Waals surface area contributed by atoms with E-state index in [9.17, 15) is 4.79 Å². The number of carbonyl (C=O) groups is 1. The van der Waals surface area contributed by atoms with Crippen LogP contribution in [0.5, 0.6) is 5.75 Å². The number of nitrogens with zero attached hydrogens (tertiary/aromatic N) is 1. The Labute approximate surface area is 130 Å². The fraction of sp³-hybridized carbons (Fsp3) is 0.333. The number of carbonyl (C=O) groups excluding carboxylic acids is 1. The molecule has 3 rings (SSSR count). The van der Waals surface area contributed by atoms with E-state index in [0.29, 0.717) is 18.2 Å². The fourth-order valence-electron chi connectivity index (χ4n) is 2.42. The van der Waals surface area contributed by atoms with Gasteiger partial charge in [0.15, 0.2) is 11.6 Å². The lowest BCUT2D eigenvalue weighted by molar-refractivity contribution is -0.122. The van der Waals surface area contributed by atoms with Crippen LogP contribution in [0, 0.1) is 12.8 Å². The van der Waals surface area contributed by atoms with Crippen LogP contribution in [0.4, 0.5) is 5.82 Å². The van der Waals surface area contributed by atoms with Gasteiger partial charge < -0.3 is 10.1 Å². The van der Waals surface area contributed by atoms with E-state index in [1.54, 1.807) is 6.20 Å². The van der Waals surface area contributed by atoms with Crippen LogP contribution in [-0.2, 0) is 11.4 Å². The molecule has 0 atom stereocenters. The molecule has 1 amide bonds. The second-order valence-electron chi connectivity index (χ2n) is 5.68. The summed E-state index contributed by atoms with van der Waals surface area (Å²) in [5.41, 5.74) is 2.31. The van der Waals surface area contributed by atoms with E-state index in [4.69, 9.17) is 4.74 Å². The second kappa shape index (κ2) is 6.60. The van der Waals surface area contributed by atoms with Gasteiger partial charge in [-0.3, -0.25) is 4.79 Å². The average molecular weight is 296 g/mol. The molecular formula is C18H20N2O2. The van der Waals surface area contributed by atoms with Crippen LogP contribution in [0.15, 0.2) is 42.6 Å². The monoisotopic (exact) mass is 296 g/mol. The molecule has 0 aliphatic heterocycles. The molecule has 0 unspecified atom stereocenters. The molecule has 0 saturated heterocycles. The van der Waals surface area contributed by atoms with E-state index in [2.05, 4.69) is 23.3 Å². The predicted octanol–water partition coefficient (Wildman–Crippen LogP) is 3.71. The Morgan fingerprint density at radius 2 is 2.09 bits per heavy atom. The van der Waals surface area contributed by atoms with Gasteiger partial charge in [-0.2, -0.15) is 0 Å². The third-order valence-corrected chi connectivity index (χ3v) is 4.13. The molecule has 1 aromatic carbocycles. The summed E-state index contributed by atoms with van der Waals surface area (Å²) in [6, 6.07) is 11.7. The van der Waals surface area contributed by atoms with Crippen molar-refractivity contribution in [1.29, 1.82) is 0 Å². The first-order valence-electron chi connectivity index (χ1n) is 7.67. The van der Waals surface area contributed by atoms with Crippen molar-refractivity contribution in [2.24, 2.45) is 5.92 Å². The number of benzene rings is 1. The first kappa shape index (κ1) is 14.6. The molecule has 1 fully saturated rings. The summed E-state index contributed by atoms with van der Waals surface area (Å²) in [6.07, 6.45) is 4.74. The summed E-state index contributed by atoms with van der Waals surface area (Å²) in [4.78, 5) is 16.3. The molecule has 4 heteroatoms. The molecule has 0 spiro atoms. The van der Waals surface area contributed by atoms with E-state index in [1.807, 2.05) is 30.3 Å². The zero-order chi connectivity index (χ0) is 15.4. The molecule has 1 heterocycles. The highest BCUT2D eigenvalue weighted by molar-refractivity contribution is 5.93. The van der Waals surface area contributed by atoms with Crippen molar-refractivity contribution in [3.63, 3.8) is 0 Å². The number of hydrogen-bond donors (Lipinski definition) is 1. The zero-order valence-corrected chi connectivity index (χ0v) is 12.7. The molecule has 1 aliphatic rings. The summed E-state index contributed by atoms with van der Waals surface area (Å²) in [7, 11) is 0. The number of aryl methyl sites for hydroxylation is 1. The maximum Gasteiger partial charge on any atom is 0.228 e. The van der Waals surface area contributed by atoms with Gasteiger partial charge in [-0.15, -0.1) is 0 Å². The molecule has 4 nitrogen and oxygen atoms in total. The summed E-state index contributed by atoms with van der Waals surface area (Å²) in [6.45, 7) is 2.52. The minimum Gasteiger partial charge on any atom is -0.485 e. The second-order valence-corrected chi connectivity index (χ2v) is 5.68. The molecule has 22 heavy (non-hydrogen) atoms. The lowest BCUT2D eigenvalue weighted by atomic mass is 9.85. The van der Waals surface area contributed by atoms with Gasteiger partial charge in [-0.1, -0.05) is 30.7 Å². The summed E-state index contributed by atoms with van der Waals surface area (Å²) in [5, 5.41) is 2.89. The molecular weight excluding hydrogens is 276 g/mol. The van der Waals surface area contributed by atoms with Crippen molar-refractivity contribution >= 4 is 11.7 Å². The van der Waals surface area contributed by atoms with Crippen LogP contribution < -0.4 is 10.1 Å². The van der Waals surface area contributed by atoms with Crippen molar-refractivity contribution in [2.75, 3.05) is 5.32 Å². The third-order valence-electron chi connectivity index (χ3n) is 4.13. The Morgan fingerprint density at radius 1 is 1.27 bits per heavy atom. The topological polar surface area (TPSA) is 51.2 Å². The SMILES string of the molecule is Cc1ccccc1COc1cccnc1NC(=O)C1CCC1. The van der Waals surface area contributed by atoms with Crippen molar-refractivity contribution in [3.8, 4) is 5.75 Å². The van der Waals surface area contributed by atoms with Gasteiger partial charge in [0.1, 0.15) is 6.61 Å². The normalized spacial score (nSPS) is 14.2. The Kier molecular flexibility index (Phi) is 4.37. The van der Waals surface area contributed by atoms with Crippen LogP contribution in [0.1, 0.15) is 30.4 Å². The van der Waals surface area contributed by atoms with E-state index >= 15 is 0 Å². The van der Waals surface area contributed by atoms with Gasteiger partial charge >= 0.3 is 0 Å².